The molecule has 2 unspecified atom stereocenters. The van der Waals surface area contributed by atoms with Crippen molar-refractivity contribution in [2.75, 3.05) is 20.2 Å². The lowest BCUT2D eigenvalue weighted by Crippen LogP contribution is -2.40. The van der Waals surface area contributed by atoms with Crippen LogP contribution in [-0.4, -0.2) is 30.2 Å². The van der Waals surface area contributed by atoms with Crippen LogP contribution in [0.25, 0.3) is 0 Å². The van der Waals surface area contributed by atoms with E-state index in [1.165, 1.54) is 10.4 Å². The molecule has 2 nitrogen and oxygen atoms in total. The zero-order chi connectivity index (χ0) is 14.6. The van der Waals surface area contributed by atoms with Gasteiger partial charge in [-0.3, -0.25) is 4.90 Å². The van der Waals surface area contributed by atoms with Crippen molar-refractivity contribution in [2.24, 2.45) is 0 Å². The van der Waals surface area contributed by atoms with E-state index < -0.39 is 0 Å². The lowest BCUT2D eigenvalue weighted by Gasteiger charge is -2.35. The molecule has 2 atom stereocenters. The van der Waals surface area contributed by atoms with E-state index in [0.717, 1.165) is 6.54 Å². The number of thiophene rings is 1. The molecule has 1 heterocycles. The van der Waals surface area contributed by atoms with Crippen molar-refractivity contribution in [1.29, 1.82) is 0 Å². The Balaban J connectivity index is 2.14. The SMILES string of the molecule is CC(c1cccs1)N(C)CC(C)(CO)c1ccccc1. The lowest BCUT2D eigenvalue weighted by atomic mass is 9.82. The van der Waals surface area contributed by atoms with Crippen molar-refractivity contribution in [3.8, 4) is 0 Å². The third-order valence-electron chi connectivity index (χ3n) is 4.03. The molecule has 0 aliphatic heterocycles. The van der Waals surface area contributed by atoms with Crippen LogP contribution in [0.4, 0.5) is 0 Å². The van der Waals surface area contributed by atoms with Gasteiger partial charge >= 0.3 is 0 Å². The predicted octanol–water partition coefficient (Wildman–Crippen LogP) is 3.69. The van der Waals surface area contributed by atoms with Crippen LogP contribution >= 0.6 is 11.3 Å². The molecule has 0 saturated heterocycles. The molecule has 0 saturated carbocycles. The van der Waals surface area contributed by atoms with Gasteiger partial charge in [-0.1, -0.05) is 43.3 Å². The highest BCUT2D eigenvalue weighted by atomic mass is 32.1. The highest BCUT2D eigenvalue weighted by molar-refractivity contribution is 7.10. The summed E-state index contributed by atoms with van der Waals surface area (Å²) in [5.41, 5.74) is 0.953. The lowest BCUT2D eigenvalue weighted by molar-refractivity contribution is 0.139. The van der Waals surface area contributed by atoms with E-state index in [0.29, 0.717) is 6.04 Å². The minimum atomic E-state index is -0.235. The number of rotatable bonds is 6. The van der Waals surface area contributed by atoms with Crippen molar-refractivity contribution in [3.63, 3.8) is 0 Å². The Kier molecular flexibility index (Phi) is 4.97. The second-order valence-electron chi connectivity index (χ2n) is 5.69. The molecule has 108 valence electrons. The first kappa shape index (κ1) is 15.2. The van der Waals surface area contributed by atoms with Crippen LogP contribution in [0.5, 0.6) is 0 Å². The topological polar surface area (TPSA) is 23.5 Å². The maximum atomic E-state index is 9.88. The molecule has 0 fully saturated rings. The summed E-state index contributed by atoms with van der Waals surface area (Å²) in [6.07, 6.45) is 0. The van der Waals surface area contributed by atoms with Crippen molar-refractivity contribution in [1.82, 2.24) is 4.90 Å². The first-order valence-corrected chi connectivity index (χ1v) is 7.85. The van der Waals surface area contributed by atoms with E-state index in [1.807, 2.05) is 18.2 Å². The molecular formula is C17H23NOS. The van der Waals surface area contributed by atoms with Gasteiger partial charge in [0, 0.05) is 22.9 Å². The maximum Gasteiger partial charge on any atom is 0.0537 e. The van der Waals surface area contributed by atoms with Crippen LogP contribution in [0.1, 0.15) is 30.3 Å². The van der Waals surface area contributed by atoms with Gasteiger partial charge in [0.2, 0.25) is 0 Å². The van der Waals surface area contributed by atoms with E-state index in [4.69, 9.17) is 0 Å². The molecule has 2 rings (SSSR count). The van der Waals surface area contributed by atoms with Gasteiger partial charge in [-0.25, -0.2) is 0 Å². The van der Waals surface area contributed by atoms with E-state index in [2.05, 4.69) is 55.4 Å². The van der Waals surface area contributed by atoms with Crippen LogP contribution in [0, 0.1) is 0 Å². The van der Waals surface area contributed by atoms with Crippen LogP contribution in [0.15, 0.2) is 47.8 Å². The molecular weight excluding hydrogens is 266 g/mol. The number of nitrogens with zero attached hydrogens (tertiary/aromatic N) is 1. The van der Waals surface area contributed by atoms with Crippen LogP contribution in [0.2, 0.25) is 0 Å². The van der Waals surface area contributed by atoms with E-state index in [1.54, 1.807) is 11.3 Å². The predicted molar refractivity (Wildman–Crippen MR) is 86.2 cm³/mol. The first-order chi connectivity index (χ1) is 9.57. The molecule has 1 aromatic heterocycles. The summed E-state index contributed by atoms with van der Waals surface area (Å²) < 4.78 is 0. The number of hydrogen-bond acceptors (Lipinski definition) is 3. The number of aliphatic hydroxyl groups is 1. The summed E-state index contributed by atoms with van der Waals surface area (Å²) in [4.78, 5) is 3.68. The summed E-state index contributed by atoms with van der Waals surface area (Å²) >= 11 is 1.78. The standard InChI is InChI=1S/C17H23NOS/c1-14(16-10-7-11-20-16)18(3)12-17(2,13-19)15-8-5-4-6-9-15/h4-11,14,19H,12-13H2,1-3H3. The van der Waals surface area contributed by atoms with E-state index >= 15 is 0 Å². The summed E-state index contributed by atoms with van der Waals surface area (Å²) in [6, 6.07) is 14.9. The van der Waals surface area contributed by atoms with Gasteiger partial charge in [0.05, 0.1) is 6.61 Å². The van der Waals surface area contributed by atoms with Crippen molar-refractivity contribution >= 4 is 11.3 Å². The largest absolute Gasteiger partial charge is 0.395 e. The summed E-state index contributed by atoms with van der Waals surface area (Å²) in [6.45, 7) is 5.32. The minimum Gasteiger partial charge on any atom is -0.395 e. The second kappa shape index (κ2) is 6.53. The fraction of sp³-hybridized carbons (Fsp3) is 0.412. The van der Waals surface area contributed by atoms with Crippen LogP contribution < -0.4 is 0 Å². The number of benzene rings is 1. The highest BCUT2D eigenvalue weighted by Crippen LogP contribution is 2.29. The minimum absolute atomic E-state index is 0.151. The normalized spacial score (nSPS) is 16.1. The fourth-order valence-corrected chi connectivity index (χ4v) is 3.35. The highest BCUT2D eigenvalue weighted by Gasteiger charge is 2.29. The Labute approximate surface area is 125 Å². The number of hydrogen-bond donors (Lipinski definition) is 1. The van der Waals surface area contributed by atoms with Crippen molar-refractivity contribution in [3.05, 3.63) is 58.3 Å². The average molecular weight is 289 g/mol. The maximum absolute atomic E-state index is 9.88. The molecule has 3 heteroatoms. The Bertz CT molecular complexity index is 511. The molecule has 0 amide bonds. The molecule has 0 aliphatic carbocycles. The molecule has 0 bridgehead atoms. The Morgan fingerprint density at radius 2 is 1.90 bits per heavy atom. The van der Waals surface area contributed by atoms with Gasteiger partial charge < -0.3 is 5.11 Å². The molecule has 1 aromatic carbocycles. The van der Waals surface area contributed by atoms with Gasteiger partial charge in [-0.05, 0) is 31.0 Å². The molecule has 2 aromatic rings. The van der Waals surface area contributed by atoms with Gasteiger partial charge in [0.1, 0.15) is 0 Å². The summed E-state index contributed by atoms with van der Waals surface area (Å²) in [5.74, 6) is 0. The van der Waals surface area contributed by atoms with Gasteiger partial charge in [-0.2, -0.15) is 0 Å². The molecule has 0 aliphatic rings. The molecule has 0 spiro atoms. The second-order valence-corrected chi connectivity index (χ2v) is 6.67. The summed E-state index contributed by atoms with van der Waals surface area (Å²) in [5, 5.41) is 12.0. The van der Waals surface area contributed by atoms with Gasteiger partial charge in [0.25, 0.3) is 0 Å². The molecule has 0 radical (unpaired) electrons. The monoisotopic (exact) mass is 289 g/mol. The molecule has 1 N–H and O–H groups in total. The van der Waals surface area contributed by atoms with E-state index in [9.17, 15) is 5.11 Å². The Morgan fingerprint density at radius 3 is 2.45 bits per heavy atom. The van der Waals surface area contributed by atoms with Crippen molar-refractivity contribution in [2.45, 2.75) is 25.3 Å². The number of aliphatic hydroxyl groups excluding tert-OH is 1. The third-order valence-corrected chi connectivity index (χ3v) is 5.08. The van der Waals surface area contributed by atoms with Crippen LogP contribution in [-0.2, 0) is 5.41 Å². The van der Waals surface area contributed by atoms with E-state index in [-0.39, 0.29) is 12.0 Å². The quantitative estimate of drug-likeness (QED) is 0.876. The Hall–Kier alpha value is -1.16. The molecule has 20 heavy (non-hydrogen) atoms. The first-order valence-electron chi connectivity index (χ1n) is 6.97. The van der Waals surface area contributed by atoms with Crippen molar-refractivity contribution < 1.29 is 5.11 Å². The average Bonchev–Trinajstić information content (AvgIpc) is 3.01. The summed E-state index contributed by atoms with van der Waals surface area (Å²) in [7, 11) is 2.13. The zero-order valence-corrected chi connectivity index (χ0v) is 13.2. The smallest absolute Gasteiger partial charge is 0.0537 e. The van der Waals surface area contributed by atoms with Gasteiger partial charge in [0.15, 0.2) is 0 Å². The third kappa shape index (κ3) is 3.29. The van der Waals surface area contributed by atoms with Crippen LogP contribution in [0.3, 0.4) is 0 Å². The zero-order valence-electron chi connectivity index (χ0n) is 12.4. The Morgan fingerprint density at radius 1 is 1.20 bits per heavy atom. The van der Waals surface area contributed by atoms with Gasteiger partial charge in [-0.15, -0.1) is 11.3 Å². The fourth-order valence-electron chi connectivity index (χ4n) is 2.51. The number of likely N-dealkylation sites (N-methyl/N-ethyl adjacent to an activating group) is 1.